The maximum atomic E-state index is 12.5. The lowest BCUT2D eigenvalue weighted by Crippen LogP contribution is -2.11. The summed E-state index contributed by atoms with van der Waals surface area (Å²) in [5, 5.41) is 0. The highest BCUT2D eigenvalue weighted by Gasteiger charge is 2.29. The van der Waals surface area contributed by atoms with Crippen molar-refractivity contribution >= 4 is 12.4 Å². The van der Waals surface area contributed by atoms with Crippen molar-refractivity contribution in [1.29, 1.82) is 0 Å². The van der Waals surface area contributed by atoms with Crippen molar-refractivity contribution in [3.63, 3.8) is 0 Å². The smallest absolute Gasteiger partial charge is 0.123 e. The molecule has 1 fully saturated rings. The molecular formula is C10H13ClFN. The van der Waals surface area contributed by atoms with Gasteiger partial charge < -0.3 is 5.73 Å². The lowest BCUT2D eigenvalue weighted by Gasteiger charge is -2.09. The van der Waals surface area contributed by atoms with Gasteiger partial charge in [-0.05, 0) is 36.5 Å². The quantitative estimate of drug-likeness (QED) is 0.782. The summed E-state index contributed by atoms with van der Waals surface area (Å²) in [6.07, 6.45) is 2.44. The van der Waals surface area contributed by atoms with E-state index in [1.54, 1.807) is 12.1 Å². The van der Waals surface area contributed by atoms with E-state index in [0.717, 1.165) is 5.56 Å². The van der Waals surface area contributed by atoms with Crippen LogP contribution in [0.15, 0.2) is 24.3 Å². The molecule has 0 spiro atoms. The van der Waals surface area contributed by atoms with Crippen LogP contribution in [0.25, 0.3) is 0 Å². The molecule has 0 amide bonds. The summed E-state index contributed by atoms with van der Waals surface area (Å²) in [4.78, 5) is 0. The number of benzene rings is 1. The maximum Gasteiger partial charge on any atom is 0.123 e. The van der Waals surface area contributed by atoms with Crippen LogP contribution in [0.1, 0.15) is 24.4 Å². The highest BCUT2D eigenvalue weighted by molar-refractivity contribution is 5.85. The Hall–Kier alpha value is -0.600. The minimum absolute atomic E-state index is 0. The maximum absolute atomic E-state index is 12.5. The van der Waals surface area contributed by atoms with E-state index in [9.17, 15) is 4.39 Å². The zero-order valence-corrected chi connectivity index (χ0v) is 8.06. The zero-order chi connectivity index (χ0) is 8.55. The van der Waals surface area contributed by atoms with E-state index in [1.165, 1.54) is 25.0 Å². The summed E-state index contributed by atoms with van der Waals surface area (Å²) in [5.41, 5.74) is 6.98. The topological polar surface area (TPSA) is 26.0 Å². The third-order valence-corrected chi connectivity index (χ3v) is 2.38. The predicted molar refractivity (Wildman–Crippen MR) is 53.3 cm³/mol. The Morgan fingerprint density at radius 3 is 2.23 bits per heavy atom. The van der Waals surface area contributed by atoms with Gasteiger partial charge in [-0.25, -0.2) is 4.39 Å². The molecule has 1 aliphatic rings. The second-order valence-electron chi connectivity index (χ2n) is 3.41. The molecule has 0 aliphatic heterocycles. The van der Waals surface area contributed by atoms with E-state index in [-0.39, 0.29) is 24.3 Å². The molecule has 0 radical (unpaired) electrons. The van der Waals surface area contributed by atoms with E-state index in [1.807, 2.05) is 0 Å². The molecule has 1 atom stereocenters. The zero-order valence-electron chi connectivity index (χ0n) is 7.24. The Labute approximate surface area is 83.5 Å². The van der Waals surface area contributed by atoms with Crippen LogP contribution in [0.2, 0.25) is 0 Å². The fraction of sp³-hybridized carbons (Fsp3) is 0.400. The van der Waals surface area contributed by atoms with E-state index in [4.69, 9.17) is 5.73 Å². The van der Waals surface area contributed by atoms with Crippen molar-refractivity contribution in [2.45, 2.75) is 18.9 Å². The molecule has 0 heterocycles. The lowest BCUT2D eigenvalue weighted by molar-refractivity contribution is 0.613. The van der Waals surface area contributed by atoms with Crippen LogP contribution in [-0.2, 0) is 0 Å². The Bertz CT molecular complexity index is 269. The first kappa shape index (κ1) is 10.5. The standard InChI is InChI=1S/C10H12FN.ClH/c11-9-5-3-8(4-6-9)10(12)7-1-2-7;/h3-7,10H,1-2,12H2;1H/t10-;/m0./s1. The average Bonchev–Trinajstić information content (AvgIpc) is 2.87. The molecule has 1 saturated carbocycles. The van der Waals surface area contributed by atoms with Crippen LogP contribution >= 0.6 is 12.4 Å². The summed E-state index contributed by atoms with van der Waals surface area (Å²) >= 11 is 0. The third-order valence-electron chi connectivity index (χ3n) is 2.38. The Balaban J connectivity index is 0.000000845. The molecule has 0 unspecified atom stereocenters. The van der Waals surface area contributed by atoms with E-state index in [0.29, 0.717) is 5.92 Å². The van der Waals surface area contributed by atoms with E-state index in [2.05, 4.69) is 0 Å². The molecule has 72 valence electrons. The summed E-state index contributed by atoms with van der Waals surface area (Å²) in [7, 11) is 0. The average molecular weight is 202 g/mol. The van der Waals surface area contributed by atoms with Gasteiger partial charge in [-0.3, -0.25) is 0 Å². The molecule has 1 aliphatic carbocycles. The minimum Gasteiger partial charge on any atom is -0.324 e. The number of halogens is 2. The second kappa shape index (κ2) is 4.07. The fourth-order valence-corrected chi connectivity index (χ4v) is 1.41. The van der Waals surface area contributed by atoms with Gasteiger partial charge in [-0.15, -0.1) is 12.4 Å². The molecule has 0 aromatic heterocycles. The fourth-order valence-electron chi connectivity index (χ4n) is 1.41. The van der Waals surface area contributed by atoms with Gasteiger partial charge in [0.05, 0.1) is 0 Å². The van der Waals surface area contributed by atoms with Crippen LogP contribution in [0.5, 0.6) is 0 Å². The highest BCUT2D eigenvalue weighted by Crippen LogP contribution is 2.39. The molecule has 13 heavy (non-hydrogen) atoms. The van der Waals surface area contributed by atoms with Crippen molar-refractivity contribution in [2.75, 3.05) is 0 Å². The largest absolute Gasteiger partial charge is 0.324 e. The van der Waals surface area contributed by atoms with E-state index >= 15 is 0 Å². The normalized spacial score (nSPS) is 17.7. The molecular weight excluding hydrogens is 189 g/mol. The molecule has 2 N–H and O–H groups in total. The van der Waals surface area contributed by atoms with Crippen molar-refractivity contribution in [3.8, 4) is 0 Å². The van der Waals surface area contributed by atoms with Crippen LogP contribution in [0, 0.1) is 11.7 Å². The first-order chi connectivity index (χ1) is 5.77. The van der Waals surface area contributed by atoms with Gasteiger partial charge in [0.2, 0.25) is 0 Å². The summed E-state index contributed by atoms with van der Waals surface area (Å²) in [6.45, 7) is 0. The van der Waals surface area contributed by atoms with E-state index < -0.39 is 0 Å². The van der Waals surface area contributed by atoms with Crippen molar-refractivity contribution in [1.82, 2.24) is 0 Å². The van der Waals surface area contributed by atoms with Gasteiger partial charge in [0.25, 0.3) is 0 Å². The van der Waals surface area contributed by atoms with Crippen LogP contribution in [0.3, 0.4) is 0 Å². The number of hydrogen-bond acceptors (Lipinski definition) is 1. The van der Waals surface area contributed by atoms with Crippen molar-refractivity contribution in [2.24, 2.45) is 11.7 Å². The van der Waals surface area contributed by atoms with Crippen LogP contribution < -0.4 is 5.73 Å². The molecule has 1 aromatic rings. The SMILES string of the molecule is Cl.N[C@H](c1ccc(F)cc1)C1CC1. The van der Waals surface area contributed by atoms with Crippen LogP contribution in [0.4, 0.5) is 4.39 Å². The molecule has 1 aromatic carbocycles. The monoisotopic (exact) mass is 201 g/mol. The summed E-state index contributed by atoms with van der Waals surface area (Å²) in [6, 6.07) is 6.61. The molecule has 0 bridgehead atoms. The Morgan fingerprint density at radius 1 is 1.23 bits per heavy atom. The number of rotatable bonds is 2. The first-order valence-corrected chi connectivity index (χ1v) is 4.28. The van der Waals surface area contributed by atoms with Gasteiger partial charge in [-0.1, -0.05) is 12.1 Å². The summed E-state index contributed by atoms with van der Waals surface area (Å²) < 4.78 is 12.5. The van der Waals surface area contributed by atoms with Crippen molar-refractivity contribution in [3.05, 3.63) is 35.6 Å². The third kappa shape index (κ3) is 2.42. The second-order valence-corrected chi connectivity index (χ2v) is 3.41. The Morgan fingerprint density at radius 2 is 1.77 bits per heavy atom. The van der Waals surface area contributed by atoms with Gasteiger partial charge in [0.1, 0.15) is 5.82 Å². The lowest BCUT2D eigenvalue weighted by atomic mass is 10.0. The Kier molecular flexibility index (Phi) is 3.28. The molecule has 0 saturated heterocycles. The summed E-state index contributed by atoms with van der Waals surface area (Å²) in [5.74, 6) is 0.442. The molecule has 1 nitrogen and oxygen atoms in total. The first-order valence-electron chi connectivity index (χ1n) is 4.28. The molecule has 3 heteroatoms. The minimum atomic E-state index is -0.193. The van der Waals surface area contributed by atoms with Gasteiger partial charge >= 0.3 is 0 Å². The van der Waals surface area contributed by atoms with Gasteiger partial charge in [0, 0.05) is 6.04 Å². The van der Waals surface area contributed by atoms with Crippen LogP contribution in [-0.4, -0.2) is 0 Å². The predicted octanol–water partition coefficient (Wildman–Crippen LogP) is 2.66. The number of hydrogen-bond donors (Lipinski definition) is 1. The highest BCUT2D eigenvalue weighted by atomic mass is 35.5. The van der Waals surface area contributed by atoms with Gasteiger partial charge in [0.15, 0.2) is 0 Å². The number of nitrogens with two attached hydrogens (primary N) is 1. The molecule has 2 rings (SSSR count). The van der Waals surface area contributed by atoms with Crippen molar-refractivity contribution < 1.29 is 4.39 Å². The van der Waals surface area contributed by atoms with Gasteiger partial charge in [-0.2, -0.15) is 0 Å².